The number of aromatic hydroxyl groups is 1. The molecular formula is C17H14F3N3O4. The van der Waals surface area contributed by atoms with E-state index in [1.165, 1.54) is 42.5 Å². The van der Waals surface area contributed by atoms with Gasteiger partial charge in [0.2, 0.25) is 0 Å². The summed E-state index contributed by atoms with van der Waals surface area (Å²) < 4.78 is 36.4. The van der Waals surface area contributed by atoms with Crippen LogP contribution < -0.4 is 5.32 Å². The number of alkyl halides is 3. The molecule has 10 heteroatoms. The Morgan fingerprint density at radius 1 is 1.04 bits per heavy atom. The fraction of sp³-hybridized carbons (Fsp3) is 0.176. The molecule has 0 saturated heterocycles. The van der Waals surface area contributed by atoms with Crippen molar-refractivity contribution in [3.63, 3.8) is 0 Å². The van der Waals surface area contributed by atoms with E-state index in [0.29, 0.717) is 11.3 Å². The standard InChI is InChI=1S/C17H14F3N3O4/c18-17(19,20)16(27)21-8-7-10-1-6-14(24)13(9-10)23-22-12-4-2-11(3-5-12)15(25)26/h1-6,9,24H,7-8H2,(H,21,27)(H,25,26)/b23-22+. The highest BCUT2D eigenvalue weighted by Crippen LogP contribution is 2.29. The number of phenols is 1. The summed E-state index contributed by atoms with van der Waals surface area (Å²) in [4.78, 5) is 21.5. The second kappa shape index (κ2) is 8.30. The summed E-state index contributed by atoms with van der Waals surface area (Å²) in [6.07, 6.45) is -4.84. The Hall–Kier alpha value is -3.43. The van der Waals surface area contributed by atoms with E-state index < -0.39 is 18.1 Å². The topological polar surface area (TPSA) is 111 Å². The molecule has 3 N–H and O–H groups in total. The third kappa shape index (κ3) is 5.80. The van der Waals surface area contributed by atoms with Gasteiger partial charge in [-0.05, 0) is 48.4 Å². The first-order valence-corrected chi connectivity index (χ1v) is 7.59. The van der Waals surface area contributed by atoms with Gasteiger partial charge in [0.25, 0.3) is 0 Å². The zero-order valence-corrected chi connectivity index (χ0v) is 13.7. The van der Waals surface area contributed by atoms with Crippen LogP contribution in [0, 0.1) is 0 Å². The first-order valence-electron chi connectivity index (χ1n) is 7.59. The Morgan fingerprint density at radius 2 is 1.70 bits per heavy atom. The van der Waals surface area contributed by atoms with Crippen LogP contribution in [0.25, 0.3) is 0 Å². The van der Waals surface area contributed by atoms with Gasteiger partial charge < -0.3 is 15.5 Å². The van der Waals surface area contributed by atoms with Crippen molar-refractivity contribution in [2.24, 2.45) is 10.2 Å². The van der Waals surface area contributed by atoms with Crippen molar-refractivity contribution in [3.05, 3.63) is 53.6 Å². The van der Waals surface area contributed by atoms with Gasteiger partial charge in [0.15, 0.2) is 0 Å². The van der Waals surface area contributed by atoms with Crippen molar-refractivity contribution in [2.75, 3.05) is 6.54 Å². The molecule has 0 spiro atoms. The molecule has 0 heterocycles. The van der Waals surface area contributed by atoms with Crippen molar-refractivity contribution in [3.8, 4) is 5.75 Å². The number of nitrogens with zero attached hydrogens (tertiary/aromatic N) is 2. The minimum Gasteiger partial charge on any atom is -0.506 e. The SMILES string of the molecule is O=C(O)c1ccc(/N=N/c2cc(CCNC(=O)C(F)(F)F)ccc2O)cc1. The molecule has 0 aromatic heterocycles. The lowest BCUT2D eigenvalue weighted by Gasteiger charge is -2.08. The van der Waals surface area contributed by atoms with E-state index in [1.54, 1.807) is 5.32 Å². The van der Waals surface area contributed by atoms with E-state index in [2.05, 4.69) is 10.2 Å². The van der Waals surface area contributed by atoms with Gasteiger partial charge in [0, 0.05) is 6.54 Å². The number of carboxylic acids is 1. The second-order valence-corrected chi connectivity index (χ2v) is 5.38. The summed E-state index contributed by atoms with van der Waals surface area (Å²) in [5.74, 6) is -3.29. The summed E-state index contributed by atoms with van der Waals surface area (Å²) in [5.41, 5.74) is 1.05. The quantitative estimate of drug-likeness (QED) is 0.662. The molecule has 0 saturated carbocycles. The van der Waals surface area contributed by atoms with Crippen LogP contribution in [0.15, 0.2) is 52.7 Å². The lowest BCUT2D eigenvalue weighted by Crippen LogP contribution is -2.37. The number of hydrogen-bond donors (Lipinski definition) is 3. The number of carbonyl (C=O) groups is 2. The number of benzene rings is 2. The number of phenolic OH excluding ortho intramolecular Hbond substituents is 1. The highest BCUT2D eigenvalue weighted by molar-refractivity contribution is 5.87. The van der Waals surface area contributed by atoms with Crippen LogP contribution in [-0.2, 0) is 11.2 Å². The third-order valence-corrected chi connectivity index (χ3v) is 3.38. The number of aromatic carboxylic acids is 1. The fourth-order valence-electron chi connectivity index (χ4n) is 2.01. The van der Waals surface area contributed by atoms with Gasteiger partial charge in [-0.15, -0.1) is 5.11 Å². The normalized spacial score (nSPS) is 11.5. The number of nitrogens with one attached hydrogen (secondary N) is 1. The van der Waals surface area contributed by atoms with Gasteiger partial charge in [0.05, 0.1) is 11.3 Å². The zero-order chi connectivity index (χ0) is 20.0. The van der Waals surface area contributed by atoms with Gasteiger partial charge in [-0.3, -0.25) is 4.79 Å². The molecular weight excluding hydrogens is 367 g/mol. The number of azo groups is 1. The summed E-state index contributed by atoms with van der Waals surface area (Å²) >= 11 is 0. The molecule has 0 atom stereocenters. The number of carboxylic acid groups (broad SMARTS) is 1. The van der Waals surface area contributed by atoms with Gasteiger partial charge in [-0.1, -0.05) is 6.07 Å². The molecule has 2 aromatic carbocycles. The van der Waals surface area contributed by atoms with Gasteiger partial charge in [-0.25, -0.2) is 4.79 Å². The predicted molar refractivity (Wildman–Crippen MR) is 88.5 cm³/mol. The molecule has 1 amide bonds. The maximum Gasteiger partial charge on any atom is 0.471 e. The van der Waals surface area contributed by atoms with E-state index in [-0.39, 0.29) is 30.0 Å². The molecule has 142 valence electrons. The number of carbonyl (C=O) groups excluding carboxylic acids is 1. The number of halogens is 3. The average molecular weight is 381 g/mol. The molecule has 7 nitrogen and oxygen atoms in total. The van der Waals surface area contributed by atoms with Crippen LogP contribution in [0.3, 0.4) is 0 Å². The minimum absolute atomic E-state index is 0.0805. The summed E-state index contributed by atoms with van der Waals surface area (Å²) in [7, 11) is 0. The van der Waals surface area contributed by atoms with Crippen molar-refractivity contribution in [1.29, 1.82) is 0 Å². The van der Waals surface area contributed by atoms with Crippen LogP contribution in [0.1, 0.15) is 15.9 Å². The Balaban J connectivity index is 2.04. The highest BCUT2D eigenvalue weighted by atomic mass is 19.4. The van der Waals surface area contributed by atoms with E-state index >= 15 is 0 Å². The summed E-state index contributed by atoms with van der Waals surface area (Å²) in [6, 6.07) is 9.76. The Labute approximate surface area is 151 Å². The lowest BCUT2D eigenvalue weighted by molar-refractivity contribution is -0.173. The molecule has 0 radical (unpaired) electrons. The lowest BCUT2D eigenvalue weighted by atomic mass is 10.1. The predicted octanol–water partition coefficient (Wildman–Crippen LogP) is 3.73. The van der Waals surface area contributed by atoms with E-state index in [0.717, 1.165) is 0 Å². The van der Waals surface area contributed by atoms with Gasteiger partial charge in [-0.2, -0.15) is 18.3 Å². The van der Waals surface area contributed by atoms with Crippen molar-refractivity contribution in [2.45, 2.75) is 12.6 Å². The molecule has 27 heavy (non-hydrogen) atoms. The monoisotopic (exact) mass is 381 g/mol. The highest BCUT2D eigenvalue weighted by Gasteiger charge is 2.38. The number of hydrogen-bond acceptors (Lipinski definition) is 5. The van der Waals surface area contributed by atoms with Crippen LogP contribution in [-0.4, -0.2) is 34.8 Å². The van der Waals surface area contributed by atoms with Crippen LogP contribution >= 0.6 is 0 Å². The van der Waals surface area contributed by atoms with Crippen molar-refractivity contribution in [1.82, 2.24) is 5.32 Å². The average Bonchev–Trinajstić information content (AvgIpc) is 2.61. The van der Waals surface area contributed by atoms with Crippen LogP contribution in [0.5, 0.6) is 5.75 Å². The van der Waals surface area contributed by atoms with Crippen LogP contribution in [0.4, 0.5) is 24.5 Å². The Kier molecular flexibility index (Phi) is 6.11. The Bertz CT molecular complexity index is 865. The zero-order valence-electron chi connectivity index (χ0n) is 13.7. The molecule has 0 unspecified atom stereocenters. The van der Waals surface area contributed by atoms with E-state index in [4.69, 9.17) is 5.11 Å². The first kappa shape index (κ1) is 19.9. The molecule has 0 aliphatic rings. The van der Waals surface area contributed by atoms with E-state index in [1.807, 2.05) is 0 Å². The molecule has 0 fully saturated rings. The second-order valence-electron chi connectivity index (χ2n) is 5.38. The molecule has 0 bridgehead atoms. The third-order valence-electron chi connectivity index (χ3n) is 3.38. The maximum absolute atomic E-state index is 12.1. The van der Waals surface area contributed by atoms with Gasteiger partial charge in [0.1, 0.15) is 11.4 Å². The molecule has 0 aliphatic carbocycles. The fourth-order valence-corrected chi connectivity index (χ4v) is 2.01. The number of amides is 1. The van der Waals surface area contributed by atoms with E-state index in [9.17, 15) is 27.9 Å². The molecule has 0 aliphatic heterocycles. The maximum atomic E-state index is 12.1. The summed E-state index contributed by atoms with van der Waals surface area (Å²) in [5, 5.41) is 28.1. The first-order chi connectivity index (χ1) is 12.7. The smallest absolute Gasteiger partial charge is 0.471 e. The summed E-state index contributed by atoms with van der Waals surface area (Å²) in [6.45, 7) is -0.240. The molecule has 2 rings (SSSR count). The molecule has 2 aromatic rings. The minimum atomic E-state index is -4.94. The Morgan fingerprint density at radius 3 is 2.30 bits per heavy atom. The van der Waals surface area contributed by atoms with Crippen LogP contribution in [0.2, 0.25) is 0 Å². The number of rotatable bonds is 6. The van der Waals surface area contributed by atoms with Crippen molar-refractivity contribution >= 4 is 23.3 Å². The largest absolute Gasteiger partial charge is 0.506 e. The van der Waals surface area contributed by atoms with Gasteiger partial charge >= 0.3 is 18.1 Å². The van der Waals surface area contributed by atoms with Crippen molar-refractivity contribution < 1.29 is 33.0 Å².